The summed E-state index contributed by atoms with van der Waals surface area (Å²) in [6, 6.07) is 0. The van der Waals surface area contributed by atoms with Gasteiger partial charge in [-0.15, -0.1) is 0 Å². The zero-order chi connectivity index (χ0) is 14.0. The molecule has 0 amide bonds. The summed E-state index contributed by atoms with van der Waals surface area (Å²) in [5.74, 6) is 0.481. The highest BCUT2D eigenvalue weighted by molar-refractivity contribution is 5.85. The maximum atomic E-state index is 12.4. The summed E-state index contributed by atoms with van der Waals surface area (Å²) in [4.78, 5) is 18.6. The molecule has 0 aromatic carbocycles. The van der Waals surface area contributed by atoms with Crippen LogP contribution in [0.3, 0.4) is 0 Å². The van der Waals surface area contributed by atoms with E-state index in [1.54, 1.807) is 17.0 Å². The first-order valence-electron chi connectivity index (χ1n) is 6.46. The van der Waals surface area contributed by atoms with Crippen molar-refractivity contribution >= 4 is 11.5 Å². The van der Waals surface area contributed by atoms with Gasteiger partial charge in [-0.1, -0.05) is 5.16 Å². The molecule has 2 rings (SSSR count). The Morgan fingerprint density at radius 1 is 1.32 bits per heavy atom. The minimum absolute atomic E-state index is 0.0700. The van der Waals surface area contributed by atoms with Gasteiger partial charge in [-0.05, 0) is 20.8 Å². The van der Waals surface area contributed by atoms with Gasteiger partial charge < -0.3 is 14.7 Å². The van der Waals surface area contributed by atoms with Crippen LogP contribution in [0.5, 0.6) is 0 Å². The molecule has 6 nitrogen and oxygen atoms in total. The second-order valence-corrected chi connectivity index (χ2v) is 5.75. The van der Waals surface area contributed by atoms with Crippen molar-refractivity contribution in [1.29, 1.82) is 0 Å². The molecule has 0 spiro atoms. The molecule has 0 saturated carbocycles. The van der Waals surface area contributed by atoms with Crippen LogP contribution in [0.1, 0.15) is 33.6 Å². The third-order valence-electron chi connectivity index (χ3n) is 3.33. The van der Waals surface area contributed by atoms with Gasteiger partial charge in [0.15, 0.2) is 5.82 Å². The first-order valence-corrected chi connectivity index (χ1v) is 6.46. The lowest BCUT2D eigenvalue weighted by atomic mass is 10.1. The molecule has 0 aliphatic carbocycles. The molecule has 1 fully saturated rings. The third kappa shape index (κ3) is 2.77. The molecule has 1 aliphatic heterocycles. The first kappa shape index (κ1) is 13.6. The minimum atomic E-state index is -0.262. The third-order valence-corrected chi connectivity index (χ3v) is 3.33. The quantitative estimate of drug-likeness (QED) is 0.615. The van der Waals surface area contributed by atoms with Gasteiger partial charge in [-0.3, -0.25) is 4.79 Å². The molecule has 1 aliphatic rings. The highest BCUT2D eigenvalue weighted by Crippen LogP contribution is 2.15. The number of anilines is 1. The molecule has 1 aromatic heterocycles. The van der Waals surface area contributed by atoms with E-state index in [0.29, 0.717) is 31.7 Å². The van der Waals surface area contributed by atoms with Crippen molar-refractivity contribution in [1.82, 2.24) is 9.55 Å². The lowest BCUT2D eigenvalue weighted by Gasteiger charge is -2.29. The minimum Gasteiger partial charge on any atom is -0.411 e. The lowest BCUT2D eigenvalue weighted by Crippen LogP contribution is -2.42. The molecular weight excluding hydrogens is 244 g/mol. The van der Waals surface area contributed by atoms with E-state index in [0.717, 1.165) is 5.71 Å². The van der Waals surface area contributed by atoms with Gasteiger partial charge in [-0.25, -0.2) is 4.98 Å². The second-order valence-electron chi connectivity index (χ2n) is 5.75. The maximum Gasteiger partial charge on any atom is 0.293 e. The summed E-state index contributed by atoms with van der Waals surface area (Å²) < 4.78 is 1.70. The van der Waals surface area contributed by atoms with Crippen LogP contribution in [0.25, 0.3) is 0 Å². The zero-order valence-electron chi connectivity index (χ0n) is 11.6. The van der Waals surface area contributed by atoms with E-state index in [-0.39, 0.29) is 11.1 Å². The number of piperidine rings is 1. The Balaban J connectivity index is 2.30. The summed E-state index contributed by atoms with van der Waals surface area (Å²) in [5, 5.41) is 12.0. The fraction of sp³-hybridized carbons (Fsp3) is 0.615. The van der Waals surface area contributed by atoms with Crippen molar-refractivity contribution in [2.45, 2.75) is 39.2 Å². The van der Waals surface area contributed by atoms with E-state index in [2.05, 4.69) is 10.1 Å². The van der Waals surface area contributed by atoms with Crippen molar-refractivity contribution in [2.75, 3.05) is 18.0 Å². The van der Waals surface area contributed by atoms with Gasteiger partial charge in [-0.2, -0.15) is 0 Å². The lowest BCUT2D eigenvalue weighted by molar-refractivity contribution is 0.315. The monoisotopic (exact) mass is 264 g/mol. The zero-order valence-corrected chi connectivity index (χ0v) is 11.6. The van der Waals surface area contributed by atoms with E-state index in [1.807, 2.05) is 25.7 Å². The van der Waals surface area contributed by atoms with Crippen LogP contribution in [0.4, 0.5) is 5.82 Å². The number of nitrogens with zero attached hydrogens (tertiary/aromatic N) is 4. The highest BCUT2D eigenvalue weighted by atomic mass is 16.4. The molecule has 104 valence electrons. The van der Waals surface area contributed by atoms with Gasteiger partial charge in [0.25, 0.3) is 5.56 Å². The van der Waals surface area contributed by atoms with Crippen LogP contribution in [-0.4, -0.2) is 33.6 Å². The fourth-order valence-electron chi connectivity index (χ4n) is 2.22. The number of rotatable bonds is 1. The molecule has 6 heteroatoms. The molecule has 1 aromatic rings. The predicted molar refractivity (Wildman–Crippen MR) is 74.2 cm³/mol. The topological polar surface area (TPSA) is 70.7 Å². The van der Waals surface area contributed by atoms with E-state index < -0.39 is 0 Å². The van der Waals surface area contributed by atoms with E-state index >= 15 is 0 Å². The molecule has 0 bridgehead atoms. The van der Waals surface area contributed by atoms with Crippen molar-refractivity contribution in [3.63, 3.8) is 0 Å². The van der Waals surface area contributed by atoms with Gasteiger partial charge in [0, 0.05) is 43.9 Å². The van der Waals surface area contributed by atoms with Crippen LogP contribution >= 0.6 is 0 Å². The number of oxime groups is 1. The van der Waals surface area contributed by atoms with Crippen LogP contribution in [0.2, 0.25) is 0 Å². The average molecular weight is 264 g/mol. The molecule has 1 N–H and O–H groups in total. The summed E-state index contributed by atoms with van der Waals surface area (Å²) in [6.45, 7) is 7.30. The first-order chi connectivity index (χ1) is 8.93. The van der Waals surface area contributed by atoms with Gasteiger partial charge in [0.05, 0.1) is 5.71 Å². The summed E-state index contributed by atoms with van der Waals surface area (Å²) in [7, 11) is 0. The average Bonchev–Trinajstić information content (AvgIpc) is 2.38. The smallest absolute Gasteiger partial charge is 0.293 e. The summed E-state index contributed by atoms with van der Waals surface area (Å²) >= 11 is 0. The Morgan fingerprint density at radius 2 is 1.95 bits per heavy atom. The van der Waals surface area contributed by atoms with Crippen molar-refractivity contribution < 1.29 is 5.21 Å². The molecular formula is C13H20N4O2. The number of aromatic nitrogens is 2. The van der Waals surface area contributed by atoms with Gasteiger partial charge in [0.2, 0.25) is 0 Å². The number of hydrogen-bond donors (Lipinski definition) is 1. The largest absolute Gasteiger partial charge is 0.411 e. The SMILES string of the molecule is CC(C)(C)n1ccnc(N2CCC(=NO)CC2)c1=O. The van der Waals surface area contributed by atoms with E-state index in [4.69, 9.17) is 5.21 Å². The Hall–Kier alpha value is -1.85. The molecule has 2 heterocycles. The molecule has 1 saturated heterocycles. The molecule has 0 unspecified atom stereocenters. The number of hydrogen-bond acceptors (Lipinski definition) is 5. The molecule has 19 heavy (non-hydrogen) atoms. The molecule has 0 radical (unpaired) electrons. The maximum absolute atomic E-state index is 12.4. The van der Waals surface area contributed by atoms with E-state index in [9.17, 15) is 4.79 Å². The van der Waals surface area contributed by atoms with Crippen molar-refractivity contribution in [2.24, 2.45) is 5.16 Å². The Labute approximate surface area is 112 Å². The standard InChI is InChI=1S/C13H20N4O2/c1-13(2,3)17-9-6-14-11(12(17)18)16-7-4-10(15-19)5-8-16/h6,9,19H,4-5,7-8H2,1-3H3. The highest BCUT2D eigenvalue weighted by Gasteiger charge is 2.22. The van der Waals surface area contributed by atoms with Crippen LogP contribution in [-0.2, 0) is 5.54 Å². The van der Waals surface area contributed by atoms with Crippen LogP contribution in [0, 0.1) is 0 Å². The van der Waals surface area contributed by atoms with Crippen molar-refractivity contribution in [3.8, 4) is 0 Å². The summed E-state index contributed by atoms with van der Waals surface area (Å²) in [5.41, 5.74) is 0.449. The Kier molecular flexibility index (Phi) is 3.59. The summed E-state index contributed by atoms with van der Waals surface area (Å²) in [6.07, 6.45) is 4.72. The van der Waals surface area contributed by atoms with Gasteiger partial charge >= 0.3 is 0 Å². The van der Waals surface area contributed by atoms with E-state index in [1.165, 1.54) is 0 Å². The second kappa shape index (κ2) is 5.03. The van der Waals surface area contributed by atoms with Crippen LogP contribution in [0.15, 0.2) is 22.3 Å². The fourth-order valence-corrected chi connectivity index (χ4v) is 2.22. The normalized spacial score (nSPS) is 16.6. The van der Waals surface area contributed by atoms with Crippen molar-refractivity contribution in [3.05, 3.63) is 22.7 Å². The predicted octanol–water partition coefficient (Wildman–Crippen LogP) is 1.43. The van der Waals surface area contributed by atoms with Gasteiger partial charge in [0.1, 0.15) is 0 Å². The molecule has 0 atom stereocenters. The Morgan fingerprint density at radius 3 is 2.47 bits per heavy atom. The Bertz CT molecular complexity index is 532. The van der Waals surface area contributed by atoms with Crippen LogP contribution < -0.4 is 10.5 Å².